The van der Waals surface area contributed by atoms with Crippen molar-refractivity contribution in [1.29, 1.82) is 0 Å². The minimum Gasteiger partial charge on any atom is -0.497 e. The minimum atomic E-state index is -0.507. The highest BCUT2D eigenvalue weighted by molar-refractivity contribution is 5.95. The van der Waals surface area contributed by atoms with E-state index in [1.165, 1.54) is 6.07 Å². The van der Waals surface area contributed by atoms with Crippen LogP contribution in [0.2, 0.25) is 0 Å². The maximum absolute atomic E-state index is 14.5. The molecule has 2 aromatic rings. The summed E-state index contributed by atoms with van der Waals surface area (Å²) in [4.78, 5) is 12.4. The molecule has 4 nitrogen and oxygen atoms in total. The van der Waals surface area contributed by atoms with Crippen LogP contribution in [0.5, 0.6) is 5.75 Å². The standard InChI is InChI=1S/C20H23FN2O2.ClH/c1-13-12-22-10-9-19(13)23-20(24)17-8-5-15(11-18(17)21)14-3-6-16(25-2)7-4-14;/h3-8,11,13,19,22H,9-10,12H2,1-2H3,(H,23,24);1H. The summed E-state index contributed by atoms with van der Waals surface area (Å²) in [5.74, 6) is 0.223. The zero-order chi connectivity index (χ0) is 17.8. The van der Waals surface area contributed by atoms with Gasteiger partial charge in [-0.15, -0.1) is 12.4 Å². The third kappa shape index (κ3) is 4.54. The van der Waals surface area contributed by atoms with Crippen LogP contribution in [-0.4, -0.2) is 32.1 Å². The number of ether oxygens (including phenoxy) is 1. The predicted molar refractivity (Wildman–Crippen MR) is 104 cm³/mol. The van der Waals surface area contributed by atoms with Crippen LogP contribution in [0.15, 0.2) is 42.5 Å². The lowest BCUT2D eigenvalue weighted by Gasteiger charge is -2.30. The molecule has 1 aliphatic heterocycles. The Morgan fingerprint density at radius 3 is 2.50 bits per heavy atom. The molecule has 1 heterocycles. The number of carbonyl (C=O) groups is 1. The molecule has 0 saturated carbocycles. The molecule has 0 aromatic heterocycles. The van der Waals surface area contributed by atoms with Crippen molar-refractivity contribution in [1.82, 2.24) is 10.6 Å². The summed E-state index contributed by atoms with van der Waals surface area (Å²) in [5, 5.41) is 6.25. The van der Waals surface area contributed by atoms with Crippen molar-refractivity contribution in [3.8, 4) is 16.9 Å². The fourth-order valence-electron chi connectivity index (χ4n) is 3.14. The summed E-state index contributed by atoms with van der Waals surface area (Å²) >= 11 is 0. The van der Waals surface area contributed by atoms with Gasteiger partial charge in [0.1, 0.15) is 11.6 Å². The summed E-state index contributed by atoms with van der Waals surface area (Å²) in [6.45, 7) is 3.82. The Bertz CT molecular complexity index is 752. The van der Waals surface area contributed by atoms with Gasteiger partial charge in [-0.2, -0.15) is 0 Å². The SMILES string of the molecule is COc1ccc(-c2ccc(C(=O)NC3CCNCC3C)c(F)c2)cc1.Cl. The minimum absolute atomic E-state index is 0. The van der Waals surface area contributed by atoms with E-state index in [0.29, 0.717) is 5.92 Å². The molecule has 1 aliphatic rings. The number of rotatable bonds is 4. The quantitative estimate of drug-likeness (QED) is 0.853. The number of piperidine rings is 1. The number of amides is 1. The van der Waals surface area contributed by atoms with Crippen LogP contribution in [0, 0.1) is 11.7 Å². The van der Waals surface area contributed by atoms with Crippen LogP contribution in [-0.2, 0) is 0 Å². The second-order valence-electron chi connectivity index (χ2n) is 6.47. The van der Waals surface area contributed by atoms with Crippen molar-refractivity contribution in [3.05, 3.63) is 53.8 Å². The molecule has 0 radical (unpaired) electrons. The van der Waals surface area contributed by atoms with Gasteiger partial charge in [-0.1, -0.05) is 25.1 Å². The van der Waals surface area contributed by atoms with E-state index >= 15 is 0 Å². The van der Waals surface area contributed by atoms with Crippen molar-refractivity contribution in [2.24, 2.45) is 5.92 Å². The molecular weight excluding hydrogens is 355 g/mol. The molecule has 6 heteroatoms. The molecule has 26 heavy (non-hydrogen) atoms. The van der Waals surface area contributed by atoms with Crippen LogP contribution < -0.4 is 15.4 Å². The van der Waals surface area contributed by atoms with Gasteiger partial charge >= 0.3 is 0 Å². The smallest absolute Gasteiger partial charge is 0.254 e. The van der Waals surface area contributed by atoms with Gasteiger partial charge in [0.05, 0.1) is 12.7 Å². The first-order chi connectivity index (χ1) is 12.1. The second-order valence-corrected chi connectivity index (χ2v) is 6.47. The predicted octanol–water partition coefficient (Wildman–Crippen LogP) is 3.65. The van der Waals surface area contributed by atoms with Gasteiger partial charge in [0.25, 0.3) is 5.91 Å². The topological polar surface area (TPSA) is 50.4 Å². The average molecular weight is 379 g/mol. The lowest BCUT2D eigenvalue weighted by atomic mass is 9.95. The van der Waals surface area contributed by atoms with Crippen molar-refractivity contribution in [2.45, 2.75) is 19.4 Å². The normalized spacial score (nSPS) is 19.3. The van der Waals surface area contributed by atoms with Crippen LogP contribution in [0.25, 0.3) is 11.1 Å². The summed E-state index contributed by atoms with van der Waals surface area (Å²) in [5.41, 5.74) is 1.69. The Balaban J connectivity index is 0.00000243. The number of hydrogen-bond donors (Lipinski definition) is 2. The van der Waals surface area contributed by atoms with Crippen LogP contribution in [0.4, 0.5) is 4.39 Å². The first-order valence-electron chi connectivity index (χ1n) is 8.54. The van der Waals surface area contributed by atoms with Gasteiger partial charge in [-0.3, -0.25) is 4.79 Å². The Kier molecular flexibility index (Phi) is 7.00. The maximum Gasteiger partial charge on any atom is 0.254 e. The Labute approximate surface area is 159 Å². The number of methoxy groups -OCH3 is 1. The Morgan fingerprint density at radius 2 is 1.88 bits per heavy atom. The summed E-state index contributed by atoms with van der Waals surface area (Å²) in [6.07, 6.45) is 0.860. The highest BCUT2D eigenvalue weighted by Crippen LogP contribution is 2.24. The summed E-state index contributed by atoms with van der Waals surface area (Å²) in [6, 6.07) is 12.2. The van der Waals surface area contributed by atoms with Gasteiger partial charge in [0.15, 0.2) is 0 Å². The molecule has 3 rings (SSSR count). The average Bonchev–Trinajstić information content (AvgIpc) is 2.63. The van der Waals surface area contributed by atoms with Crippen LogP contribution in [0.1, 0.15) is 23.7 Å². The highest BCUT2D eigenvalue weighted by Gasteiger charge is 2.24. The van der Waals surface area contributed by atoms with Gasteiger partial charge in [0, 0.05) is 6.04 Å². The monoisotopic (exact) mass is 378 g/mol. The van der Waals surface area contributed by atoms with E-state index in [4.69, 9.17) is 4.74 Å². The van der Waals surface area contributed by atoms with E-state index in [-0.39, 0.29) is 29.9 Å². The lowest BCUT2D eigenvalue weighted by molar-refractivity contribution is 0.0910. The largest absolute Gasteiger partial charge is 0.497 e. The van der Waals surface area contributed by atoms with E-state index in [1.807, 2.05) is 24.3 Å². The molecular formula is C20H24ClFN2O2. The molecule has 140 valence electrons. The third-order valence-electron chi connectivity index (χ3n) is 4.74. The maximum atomic E-state index is 14.5. The molecule has 2 unspecified atom stereocenters. The Hall–Kier alpha value is -2.11. The van der Waals surface area contributed by atoms with Gasteiger partial charge in [-0.25, -0.2) is 4.39 Å². The lowest BCUT2D eigenvalue weighted by Crippen LogP contribution is -2.48. The zero-order valence-corrected chi connectivity index (χ0v) is 15.7. The van der Waals surface area contributed by atoms with Gasteiger partial charge in [0.2, 0.25) is 0 Å². The summed E-state index contributed by atoms with van der Waals surface area (Å²) in [7, 11) is 1.60. The number of hydrogen-bond acceptors (Lipinski definition) is 3. The van der Waals surface area contributed by atoms with Crippen LogP contribution >= 0.6 is 12.4 Å². The van der Waals surface area contributed by atoms with E-state index in [0.717, 1.165) is 36.4 Å². The molecule has 1 fully saturated rings. The molecule has 0 bridgehead atoms. The van der Waals surface area contributed by atoms with E-state index in [9.17, 15) is 9.18 Å². The molecule has 1 saturated heterocycles. The van der Waals surface area contributed by atoms with Crippen molar-refractivity contribution >= 4 is 18.3 Å². The molecule has 1 amide bonds. The van der Waals surface area contributed by atoms with Crippen molar-refractivity contribution < 1.29 is 13.9 Å². The first-order valence-corrected chi connectivity index (χ1v) is 8.54. The fraction of sp³-hybridized carbons (Fsp3) is 0.350. The molecule has 2 N–H and O–H groups in total. The fourth-order valence-corrected chi connectivity index (χ4v) is 3.14. The Morgan fingerprint density at radius 1 is 1.19 bits per heavy atom. The number of halogens is 2. The van der Waals surface area contributed by atoms with Gasteiger partial charge < -0.3 is 15.4 Å². The van der Waals surface area contributed by atoms with E-state index in [2.05, 4.69) is 17.6 Å². The highest BCUT2D eigenvalue weighted by atomic mass is 35.5. The molecule has 2 atom stereocenters. The first kappa shape index (κ1) is 20.2. The number of benzene rings is 2. The van der Waals surface area contributed by atoms with E-state index in [1.54, 1.807) is 19.2 Å². The van der Waals surface area contributed by atoms with E-state index < -0.39 is 5.82 Å². The van der Waals surface area contributed by atoms with Crippen LogP contribution in [0.3, 0.4) is 0 Å². The molecule has 0 spiro atoms. The third-order valence-corrected chi connectivity index (χ3v) is 4.74. The van der Waals surface area contributed by atoms with Gasteiger partial charge in [-0.05, 0) is 60.8 Å². The summed E-state index contributed by atoms with van der Waals surface area (Å²) < 4.78 is 19.6. The van der Waals surface area contributed by atoms with Crippen molar-refractivity contribution in [3.63, 3.8) is 0 Å². The number of carbonyl (C=O) groups excluding carboxylic acids is 1. The number of nitrogens with one attached hydrogen (secondary N) is 2. The van der Waals surface area contributed by atoms with Crippen molar-refractivity contribution in [2.75, 3.05) is 20.2 Å². The molecule has 2 aromatic carbocycles. The zero-order valence-electron chi connectivity index (χ0n) is 14.9. The molecule has 0 aliphatic carbocycles. The second kappa shape index (κ2) is 9.01.